The van der Waals surface area contributed by atoms with E-state index in [2.05, 4.69) is 21.1 Å². The summed E-state index contributed by atoms with van der Waals surface area (Å²) in [6.45, 7) is 0. The van der Waals surface area contributed by atoms with E-state index in [1.165, 1.54) is 23.9 Å². The molecule has 0 saturated carbocycles. The molecule has 6 nitrogen and oxygen atoms in total. The number of non-ortho nitro benzene ring substituents is 1. The van der Waals surface area contributed by atoms with Crippen molar-refractivity contribution in [3.63, 3.8) is 0 Å². The minimum atomic E-state index is -0.449. The van der Waals surface area contributed by atoms with Gasteiger partial charge in [-0.15, -0.1) is 0 Å². The molecule has 0 fully saturated rings. The highest BCUT2D eigenvalue weighted by molar-refractivity contribution is 9.10. The number of nitrogens with two attached hydrogens (primary N) is 1. The molecule has 0 heterocycles. The Morgan fingerprint density at radius 1 is 1.29 bits per heavy atom. The third-order valence-corrected chi connectivity index (χ3v) is 4.34. The van der Waals surface area contributed by atoms with E-state index in [0.717, 1.165) is 9.79 Å². The smallest absolute Gasteiger partial charge is 0.269 e. The number of nitro benzene ring substituents is 1. The zero-order chi connectivity index (χ0) is 15.4. The molecule has 0 amide bonds. The molecule has 2 rings (SSSR count). The van der Waals surface area contributed by atoms with Gasteiger partial charge in [0.2, 0.25) is 0 Å². The highest BCUT2D eigenvalue weighted by Crippen LogP contribution is 2.34. The summed E-state index contributed by atoms with van der Waals surface area (Å²) in [5, 5.41) is 22.5. The van der Waals surface area contributed by atoms with Crippen LogP contribution in [0.4, 0.5) is 5.69 Å². The van der Waals surface area contributed by atoms with Crippen LogP contribution in [-0.2, 0) is 0 Å². The second kappa shape index (κ2) is 6.59. The minimum absolute atomic E-state index is 0.00751. The van der Waals surface area contributed by atoms with Crippen LogP contribution in [0.5, 0.6) is 0 Å². The molecule has 0 aliphatic rings. The molecule has 108 valence electrons. The fourth-order valence-corrected chi connectivity index (χ4v) is 3.34. The Bertz CT molecular complexity index is 704. The second-order valence-corrected chi connectivity index (χ2v) is 5.92. The summed E-state index contributed by atoms with van der Waals surface area (Å²) < 4.78 is 0.699. The van der Waals surface area contributed by atoms with Gasteiger partial charge in [0.15, 0.2) is 5.84 Å². The summed E-state index contributed by atoms with van der Waals surface area (Å²) >= 11 is 4.73. The number of hydrogen-bond acceptors (Lipinski definition) is 5. The number of nitro groups is 1. The van der Waals surface area contributed by atoms with Crippen molar-refractivity contribution in [2.75, 3.05) is 0 Å². The van der Waals surface area contributed by atoms with E-state index in [1.807, 2.05) is 12.1 Å². The molecule has 21 heavy (non-hydrogen) atoms. The van der Waals surface area contributed by atoms with E-state index in [-0.39, 0.29) is 11.5 Å². The van der Waals surface area contributed by atoms with Crippen LogP contribution in [0.15, 0.2) is 61.9 Å². The van der Waals surface area contributed by atoms with Gasteiger partial charge >= 0.3 is 0 Å². The highest BCUT2D eigenvalue weighted by Gasteiger charge is 2.13. The van der Waals surface area contributed by atoms with E-state index in [4.69, 9.17) is 10.9 Å². The first-order chi connectivity index (χ1) is 10.0. The highest BCUT2D eigenvalue weighted by atomic mass is 79.9. The van der Waals surface area contributed by atoms with E-state index in [0.29, 0.717) is 10.0 Å². The number of benzene rings is 2. The van der Waals surface area contributed by atoms with Crippen molar-refractivity contribution >= 4 is 39.2 Å². The van der Waals surface area contributed by atoms with Gasteiger partial charge in [0.1, 0.15) is 0 Å². The molecule has 2 aromatic carbocycles. The minimum Gasteiger partial charge on any atom is -0.409 e. The molecule has 0 unspecified atom stereocenters. The van der Waals surface area contributed by atoms with Gasteiger partial charge < -0.3 is 10.9 Å². The number of oxime groups is 1. The first kappa shape index (κ1) is 15.3. The van der Waals surface area contributed by atoms with E-state index in [9.17, 15) is 10.1 Å². The average Bonchev–Trinajstić information content (AvgIpc) is 2.47. The van der Waals surface area contributed by atoms with Crippen molar-refractivity contribution < 1.29 is 10.1 Å². The Hall–Kier alpha value is -2.06. The standard InChI is InChI=1S/C13H10BrN3O3S/c14-10-2-1-3-11(12(10)13(15)16-18)21-9-6-4-8(5-7-9)17(19)20/h1-7,18H,(H2,15,16). The maximum Gasteiger partial charge on any atom is 0.269 e. The van der Waals surface area contributed by atoms with Gasteiger partial charge in [-0.2, -0.15) is 0 Å². The molecular weight excluding hydrogens is 358 g/mol. The van der Waals surface area contributed by atoms with Crippen molar-refractivity contribution in [1.29, 1.82) is 0 Å². The van der Waals surface area contributed by atoms with Crippen LogP contribution in [0.25, 0.3) is 0 Å². The van der Waals surface area contributed by atoms with Crippen LogP contribution in [-0.4, -0.2) is 16.0 Å². The number of nitrogens with zero attached hydrogens (tertiary/aromatic N) is 2. The molecule has 0 aromatic heterocycles. The molecular formula is C13H10BrN3O3S. The van der Waals surface area contributed by atoms with Gasteiger partial charge in [0.25, 0.3) is 5.69 Å². The Morgan fingerprint density at radius 2 is 1.95 bits per heavy atom. The van der Waals surface area contributed by atoms with E-state index >= 15 is 0 Å². The Labute approximate surface area is 132 Å². The maximum atomic E-state index is 10.6. The predicted octanol–water partition coefficient (Wildman–Crippen LogP) is 3.60. The first-order valence-electron chi connectivity index (χ1n) is 5.71. The lowest BCUT2D eigenvalue weighted by Crippen LogP contribution is -2.15. The largest absolute Gasteiger partial charge is 0.409 e. The van der Waals surface area contributed by atoms with Crippen molar-refractivity contribution in [2.45, 2.75) is 9.79 Å². The van der Waals surface area contributed by atoms with Crippen molar-refractivity contribution in [2.24, 2.45) is 10.9 Å². The van der Waals surface area contributed by atoms with Crippen LogP contribution < -0.4 is 5.73 Å². The summed E-state index contributed by atoms with van der Waals surface area (Å²) in [5.74, 6) is -0.00751. The zero-order valence-electron chi connectivity index (χ0n) is 10.6. The van der Waals surface area contributed by atoms with Gasteiger partial charge in [-0.1, -0.05) is 23.0 Å². The van der Waals surface area contributed by atoms with Crippen LogP contribution in [0.3, 0.4) is 0 Å². The fraction of sp³-hybridized carbons (Fsp3) is 0. The Balaban J connectivity index is 2.35. The lowest BCUT2D eigenvalue weighted by Gasteiger charge is -2.09. The first-order valence-corrected chi connectivity index (χ1v) is 7.32. The van der Waals surface area contributed by atoms with Crippen molar-refractivity contribution in [3.8, 4) is 0 Å². The number of amidine groups is 1. The third-order valence-electron chi connectivity index (χ3n) is 2.61. The van der Waals surface area contributed by atoms with Crippen molar-refractivity contribution in [1.82, 2.24) is 0 Å². The quantitative estimate of drug-likeness (QED) is 0.282. The molecule has 8 heteroatoms. The lowest BCUT2D eigenvalue weighted by molar-refractivity contribution is -0.384. The molecule has 0 atom stereocenters. The number of hydrogen-bond donors (Lipinski definition) is 2. The summed E-state index contributed by atoms with van der Waals surface area (Å²) in [6, 6.07) is 11.6. The van der Waals surface area contributed by atoms with Gasteiger partial charge in [-0.05, 0) is 40.2 Å². The molecule has 0 aliphatic carbocycles. The van der Waals surface area contributed by atoms with Crippen LogP contribution in [0.2, 0.25) is 0 Å². The van der Waals surface area contributed by atoms with E-state index in [1.54, 1.807) is 18.2 Å². The maximum absolute atomic E-state index is 10.6. The predicted molar refractivity (Wildman–Crippen MR) is 83.9 cm³/mol. The normalized spacial score (nSPS) is 11.4. The lowest BCUT2D eigenvalue weighted by atomic mass is 10.2. The number of halogens is 1. The summed E-state index contributed by atoms with van der Waals surface area (Å²) in [6.07, 6.45) is 0. The SMILES string of the molecule is N/C(=N/O)c1c(Br)cccc1Sc1ccc([N+](=O)[O-])cc1. The topological polar surface area (TPSA) is 102 Å². The molecule has 0 spiro atoms. The molecule has 0 saturated heterocycles. The molecule has 0 bridgehead atoms. The average molecular weight is 368 g/mol. The Kier molecular flexibility index (Phi) is 4.81. The van der Waals surface area contributed by atoms with E-state index < -0.39 is 4.92 Å². The van der Waals surface area contributed by atoms with Gasteiger partial charge in [-0.25, -0.2) is 0 Å². The summed E-state index contributed by atoms with van der Waals surface area (Å²) in [7, 11) is 0. The van der Waals surface area contributed by atoms with Crippen molar-refractivity contribution in [3.05, 3.63) is 62.6 Å². The zero-order valence-corrected chi connectivity index (χ0v) is 13.0. The fourth-order valence-electron chi connectivity index (χ4n) is 1.65. The van der Waals surface area contributed by atoms with Gasteiger partial charge in [0.05, 0.1) is 4.92 Å². The molecule has 0 radical (unpaired) electrons. The molecule has 2 aromatic rings. The summed E-state index contributed by atoms with van der Waals surface area (Å²) in [5.41, 5.74) is 6.29. The number of rotatable bonds is 4. The Morgan fingerprint density at radius 3 is 2.52 bits per heavy atom. The molecule has 3 N–H and O–H groups in total. The van der Waals surface area contributed by atoms with Gasteiger partial charge in [0, 0.05) is 32.0 Å². The second-order valence-electron chi connectivity index (χ2n) is 3.95. The van der Waals surface area contributed by atoms with Crippen LogP contribution in [0, 0.1) is 10.1 Å². The van der Waals surface area contributed by atoms with Crippen LogP contribution in [0.1, 0.15) is 5.56 Å². The third kappa shape index (κ3) is 3.53. The summed E-state index contributed by atoms with van der Waals surface area (Å²) in [4.78, 5) is 11.8. The van der Waals surface area contributed by atoms with Gasteiger partial charge in [-0.3, -0.25) is 10.1 Å². The van der Waals surface area contributed by atoms with Crippen LogP contribution >= 0.6 is 27.7 Å². The monoisotopic (exact) mass is 367 g/mol. The molecule has 0 aliphatic heterocycles.